The van der Waals surface area contributed by atoms with E-state index in [-0.39, 0.29) is 5.75 Å². The maximum absolute atomic E-state index is 10.8. The first-order valence-corrected chi connectivity index (χ1v) is 4.84. The normalized spacial score (nSPS) is 13.1. The molecule has 1 N–H and O–H groups in total. The number of ether oxygens (including phenoxy) is 1. The Bertz CT molecular complexity index is 421. The number of hydrogen-bond donors (Lipinski definition) is 1. The molecule has 0 saturated carbocycles. The molecule has 78 valence electrons. The second-order valence-corrected chi connectivity index (χ2v) is 3.49. The van der Waals surface area contributed by atoms with Crippen LogP contribution in [0.25, 0.3) is 0 Å². The number of phenols is 1. The molecule has 1 aromatic carbocycles. The number of fused-ring (bicyclic) bond motifs is 1. The molecule has 0 radical (unpaired) electrons. The fourth-order valence-corrected chi connectivity index (χ4v) is 1.90. The lowest BCUT2D eigenvalue weighted by atomic mass is 9.99. The van der Waals surface area contributed by atoms with Crippen LogP contribution in [0.1, 0.15) is 21.5 Å². The number of allylic oxidation sites excluding steroid dienone is 1. The van der Waals surface area contributed by atoms with E-state index in [2.05, 4.69) is 6.58 Å². The van der Waals surface area contributed by atoms with Gasteiger partial charge in [0, 0.05) is 17.5 Å². The molecular weight excluding hydrogens is 192 g/mol. The molecule has 0 fully saturated rings. The van der Waals surface area contributed by atoms with Crippen LogP contribution >= 0.6 is 0 Å². The largest absolute Gasteiger partial charge is 0.507 e. The first-order valence-electron chi connectivity index (χ1n) is 4.84. The molecule has 1 aromatic rings. The van der Waals surface area contributed by atoms with E-state index in [1.807, 2.05) is 0 Å². The maximum atomic E-state index is 10.8. The van der Waals surface area contributed by atoms with E-state index in [0.29, 0.717) is 31.3 Å². The first kappa shape index (κ1) is 9.77. The van der Waals surface area contributed by atoms with Crippen molar-refractivity contribution in [3.63, 3.8) is 0 Å². The summed E-state index contributed by atoms with van der Waals surface area (Å²) in [7, 11) is 0. The summed E-state index contributed by atoms with van der Waals surface area (Å²) in [6.07, 6.45) is 3.74. The molecule has 1 aliphatic rings. The summed E-state index contributed by atoms with van der Waals surface area (Å²) in [5.41, 5.74) is 2.07. The van der Waals surface area contributed by atoms with Crippen LogP contribution in [0.2, 0.25) is 0 Å². The smallest absolute Gasteiger partial charge is 0.154 e. The molecule has 0 aromatic heterocycles. The molecule has 0 aliphatic carbocycles. The zero-order chi connectivity index (χ0) is 10.8. The van der Waals surface area contributed by atoms with Crippen molar-refractivity contribution < 1.29 is 14.6 Å². The Morgan fingerprint density at radius 2 is 2.40 bits per heavy atom. The van der Waals surface area contributed by atoms with Gasteiger partial charge < -0.3 is 9.84 Å². The van der Waals surface area contributed by atoms with Crippen molar-refractivity contribution >= 4 is 6.29 Å². The van der Waals surface area contributed by atoms with E-state index < -0.39 is 0 Å². The highest BCUT2D eigenvalue weighted by molar-refractivity contribution is 5.84. The Morgan fingerprint density at radius 3 is 3.07 bits per heavy atom. The third-order valence-corrected chi connectivity index (χ3v) is 2.56. The molecular formula is C12H12O3. The molecule has 3 nitrogen and oxygen atoms in total. The van der Waals surface area contributed by atoms with Crippen molar-refractivity contribution in [2.45, 2.75) is 12.8 Å². The van der Waals surface area contributed by atoms with Crippen LogP contribution in [0.4, 0.5) is 0 Å². The van der Waals surface area contributed by atoms with Gasteiger partial charge in [-0.1, -0.05) is 6.08 Å². The predicted molar refractivity (Wildman–Crippen MR) is 56.6 cm³/mol. The summed E-state index contributed by atoms with van der Waals surface area (Å²) in [5, 5.41) is 9.66. The summed E-state index contributed by atoms with van der Waals surface area (Å²) in [6, 6.07) is 1.58. The van der Waals surface area contributed by atoms with Crippen molar-refractivity contribution in [2.75, 3.05) is 6.61 Å². The third-order valence-electron chi connectivity index (χ3n) is 2.56. The lowest BCUT2D eigenvalue weighted by molar-refractivity contribution is 0.112. The van der Waals surface area contributed by atoms with Gasteiger partial charge in [0.15, 0.2) is 6.29 Å². The van der Waals surface area contributed by atoms with E-state index in [4.69, 9.17) is 4.74 Å². The summed E-state index contributed by atoms with van der Waals surface area (Å²) < 4.78 is 5.46. The van der Waals surface area contributed by atoms with Crippen LogP contribution in [0.3, 0.4) is 0 Å². The van der Waals surface area contributed by atoms with Gasteiger partial charge in [0.2, 0.25) is 0 Å². The second kappa shape index (κ2) is 3.77. The Labute approximate surface area is 88.0 Å². The number of hydrogen-bond acceptors (Lipinski definition) is 3. The Balaban J connectivity index is 2.61. The molecule has 0 bridgehead atoms. The quantitative estimate of drug-likeness (QED) is 0.604. The highest BCUT2D eigenvalue weighted by Gasteiger charge is 2.22. The number of carbonyl (C=O) groups is 1. The lowest BCUT2D eigenvalue weighted by Crippen LogP contribution is -1.94. The average molecular weight is 204 g/mol. The molecule has 3 heteroatoms. The van der Waals surface area contributed by atoms with E-state index in [1.165, 1.54) is 0 Å². The minimum Gasteiger partial charge on any atom is -0.507 e. The van der Waals surface area contributed by atoms with Gasteiger partial charge >= 0.3 is 0 Å². The highest BCUT2D eigenvalue weighted by atomic mass is 16.5. The molecule has 0 saturated heterocycles. The number of phenolic OH excluding ortho intramolecular Hbond substituents is 1. The van der Waals surface area contributed by atoms with E-state index in [9.17, 15) is 9.90 Å². The van der Waals surface area contributed by atoms with Crippen molar-refractivity contribution in [2.24, 2.45) is 0 Å². The van der Waals surface area contributed by atoms with Gasteiger partial charge in [-0.3, -0.25) is 4.79 Å². The van der Waals surface area contributed by atoms with E-state index in [1.54, 1.807) is 12.1 Å². The average Bonchev–Trinajstić information content (AvgIpc) is 2.67. The molecule has 0 spiro atoms. The SMILES string of the molecule is C=CCc1cc(O)c(C=O)c2c1OCC2. The summed E-state index contributed by atoms with van der Waals surface area (Å²) in [4.78, 5) is 10.8. The van der Waals surface area contributed by atoms with Gasteiger partial charge in [-0.2, -0.15) is 0 Å². The van der Waals surface area contributed by atoms with Crippen LogP contribution < -0.4 is 4.74 Å². The van der Waals surface area contributed by atoms with Crippen LogP contribution in [0.5, 0.6) is 11.5 Å². The molecule has 0 unspecified atom stereocenters. The Morgan fingerprint density at radius 1 is 1.60 bits per heavy atom. The number of carbonyl (C=O) groups excluding carboxylic acids is 1. The third kappa shape index (κ3) is 1.50. The standard InChI is InChI=1S/C12H12O3/c1-2-3-8-6-11(14)10(7-13)9-4-5-15-12(8)9/h2,6-7,14H,1,3-5H2. The van der Waals surface area contributed by atoms with E-state index >= 15 is 0 Å². The zero-order valence-electron chi connectivity index (χ0n) is 8.32. The maximum Gasteiger partial charge on any atom is 0.154 e. The minimum absolute atomic E-state index is 0.0334. The lowest BCUT2D eigenvalue weighted by Gasteiger charge is -2.09. The van der Waals surface area contributed by atoms with Gasteiger partial charge in [0.1, 0.15) is 11.5 Å². The van der Waals surface area contributed by atoms with Crippen molar-refractivity contribution in [3.05, 3.63) is 35.4 Å². The Kier molecular flexibility index (Phi) is 2.46. The van der Waals surface area contributed by atoms with Gasteiger partial charge in [-0.05, 0) is 12.5 Å². The number of rotatable bonds is 3. The molecule has 1 aliphatic heterocycles. The number of benzene rings is 1. The van der Waals surface area contributed by atoms with Crippen molar-refractivity contribution in [1.29, 1.82) is 0 Å². The van der Waals surface area contributed by atoms with Gasteiger partial charge in [-0.15, -0.1) is 6.58 Å². The fraction of sp³-hybridized carbons (Fsp3) is 0.250. The number of aldehydes is 1. The molecule has 15 heavy (non-hydrogen) atoms. The van der Waals surface area contributed by atoms with Gasteiger partial charge in [0.05, 0.1) is 12.2 Å². The van der Waals surface area contributed by atoms with E-state index in [0.717, 1.165) is 16.9 Å². The number of aromatic hydroxyl groups is 1. The summed E-state index contributed by atoms with van der Waals surface area (Å²) in [5.74, 6) is 0.779. The van der Waals surface area contributed by atoms with Crippen LogP contribution in [-0.4, -0.2) is 18.0 Å². The summed E-state index contributed by atoms with van der Waals surface area (Å²) >= 11 is 0. The Hall–Kier alpha value is -1.77. The predicted octanol–water partition coefficient (Wildman–Crippen LogP) is 1.87. The topological polar surface area (TPSA) is 46.5 Å². The van der Waals surface area contributed by atoms with Gasteiger partial charge in [-0.25, -0.2) is 0 Å². The molecule has 2 rings (SSSR count). The van der Waals surface area contributed by atoms with Crippen LogP contribution in [0.15, 0.2) is 18.7 Å². The van der Waals surface area contributed by atoms with Crippen molar-refractivity contribution in [1.82, 2.24) is 0 Å². The highest BCUT2D eigenvalue weighted by Crippen LogP contribution is 2.37. The first-order chi connectivity index (χ1) is 7.27. The molecule has 0 atom stereocenters. The van der Waals surface area contributed by atoms with Crippen LogP contribution in [0, 0.1) is 0 Å². The fourth-order valence-electron chi connectivity index (χ4n) is 1.90. The summed E-state index contributed by atoms with van der Waals surface area (Å²) in [6.45, 7) is 4.22. The van der Waals surface area contributed by atoms with Crippen molar-refractivity contribution in [3.8, 4) is 11.5 Å². The van der Waals surface area contributed by atoms with Crippen LogP contribution in [-0.2, 0) is 12.8 Å². The second-order valence-electron chi connectivity index (χ2n) is 3.49. The zero-order valence-corrected chi connectivity index (χ0v) is 8.32. The molecule has 1 heterocycles. The minimum atomic E-state index is 0.0334. The van der Waals surface area contributed by atoms with Gasteiger partial charge in [0.25, 0.3) is 0 Å². The molecule has 0 amide bonds. The monoisotopic (exact) mass is 204 g/mol.